The van der Waals surface area contributed by atoms with E-state index in [4.69, 9.17) is 11.6 Å². The van der Waals surface area contributed by atoms with E-state index >= 15 is 0 Å². The SMILES string of the molecule is Cc1cc(C)n2c(=O)n(CC(=O)N[C@@H](C)c3ccc(Cl)c(F)c3)nc2n1. The third-order valence-corrected chi connectivity index (χ3v) is 4.29. The molecule has 0 saturated heterocycles. The third kappa shape index (κ3) is 3.45. The lowest BCUT2D eigenvalue weighted by molar-refractivity contribution is -0.122. The van der Waals surface area contributed by atoms with E-state index in [1.807, 2.05) is 0 Å². The molecule has 0 aliphatic heterocycles. The van der Waals surface area contributed by atoms with Crippen molar-refractivity contribution in [2.24, 2.45) is 0 Å². The molecule has 26 heavy (non-hydrogen) atoms. The second-order valence-electron chi connectivity index (χ2n) is 6.08. The number of hydrogen-bond donors (Lipinski definition) is 1. The van der Waals surface area contributed by atoms with Gasteiger partial charge in [0, 0.05) is 11.4 Å². The first-order valence-electron chi connectivity index (χ1n) is 7.94. The van der Waals surface area contributed by atoms with Crippen LogP contribution in [0.4, 0.5) is 4.39 Å². The van der Waals surface area contributed by atoms with Crippen LogP contribution in [0.3, 0.4) is 0 Å². The number of amides is 1. The summed E-state index contributed by atoms with van der Waals surface area (Å²) in [5.41, 5.74) is 1.55. The van der Waals surface area contributed by atoms with Crippen molar-refractivity contribution in [3.63, 3.8) is 0 Å². The Hall–Kier alpha value is -2.74. The molecule has 1 amide bonds. The highest BCUT2D eigenvalue weighted by Crippen LogP contribution is 2.20. The normalized spacial score (nSPS) is 12.3. The maximum absolute atomic E-state index is 13.6. The van der Waals surface area contributed by atoms with E-state index < -0.39 is 23.5 Å². The third-order valence-electron chi connectivity index (χ3n) is 3.98. The molecule has 0 spiro atoms. The van der Waals surface area contributed by atoms with Gasteiger partial charge in [0.1, 0.15) is 12.4 Å². The number of halogens is 2. The van der Waals surface area contributed by atoms with Crippen molar-refractivity contribution in [3.05, 3.63) is 62.5 Å². The molecule has 0 aliphatic rings. The minimum absolute atomic E-state index is 0.0155. The second kappa shape index (κ2) is 6.87. The summed E-state index contributed by atoms with van der Waals surface area (Å²) in [6.45, 7) is 5.02. The first-order chi connectivity index (χ1) is 12.3. The van der Waals surface area contributed by atoms with Crippen LogP contribution in [0.1, 0.15) is 29.9 Å². The summed E-state index contributed by atoms with van der Waals surface area (Å²) in [5, 5.41) is 6.82. The monoisotopic (exact) mass is 377 g/mol. The van der Waals surface area contributed by atoms with Crippen LogP contribution in [-0.4, -0.2) is 25.1 Å². The Labute approximate surface area is 153 Å². The maximum Gasteiger partial charge on any atom is 0.352 e. The Morgan fingerprint density at radius 3 is 2.77 bits per heavy atom. The van der Waals surface area contributed by atoms with Gasteiger partial charge in [0.15, 0.2) is 0 Å². The number of carbonyl (C=O) groups is 1. The molecule has 1 aromatic carbocycles. The Balaban J connectivity index is 1.79. The summed E-state index contributed by atoms with van der Waals surface area (Å²) in [7, 11) is 0. The highest BCUT2D eigenvalue weighted by molar-refractivity contribution is 6.30. The molecule has 2 aromatic heterocycles. The highest BCUT2D eigenvalue weighted by atomic mass is 35.5. The summed E-state index contributed by atoms with van der Waals surface area (Å²) in [4.78, 5) is 28.9. The molecule has 0 unspecified atom stereocenters. The highest BCUT2D eigenvalue weighted by Gasteiger charge is 2.16. The molecule has 9 heteroatoms. The molecule has 0 fully saturated rings. The quantitative estimate of drug-likeness (QED) is 0.755. The van der Waals surface area contributed by atoms with Gasteiger partial charge < -0.3 is 5.32 Å². The van der Waals surface area contributed by atoms with E-state index in [1.165, 1.54) is 16.5 Å². The predicted molar refractivity (Wildman–Crippen MR) is 94.7 cm³/mol. The molecular formula is C17H17ClFN5O2. The lowest BCUT2D eigenvalue weighted by Gasteiger charge is -2.14. The van der Waals surface area contributed by atoms with Gasteiger partial charge in [-0.15, -0.1) is 5.10 Å². The van der Waals surface area contributed by atoms with Gasteiger partial charge in [-0.1, -0.05) is 17.7 Å². The zero-order chi connectivity index (χ0) is 19.0. The summed E-state index contributed by atoms with van der Waals surface area (Å²) in [6, 6.07) is 5.63. The molecule has 2 heterocycles. The Morgan fingerprint density at radius 2 is 2.08 bits per heavy atom. The Bertz CT molecular complexity index is 1060. The Morgan fingerprint density at radius 1 is 1.35 bits per heavy atom. The molecule has 3 rings (SSSR count). The van der Waals surface area contributed by atoms with Gasteiger partial charge in [0.2, 0.25) is 5.91 Å². The van der Waals surface area contributed by atoms with E-state index in [1.54, 1.807) is 32.9 Å². The summed E-state index contributed by atoms with van der Waals surface area (Å²) >= 11 is 5.66. The van der Waals surface area contributed by atoms with Gasteiger partial charge in [0.25, 0.3) is 5.78 Å². The van der Waals surface area contributed by atoms with E-state index in [9.17, 15) is 14.0 Å². The molecule has 136 valence electrons. The second-order valence-corrected chi connectivity index (χ2v) is 6.48. The molecular weight excluding hydrogens is 361 g/mol. The molecule has 1 N–H and O–H groups in total. The number of nitrogens with one attached hydrogen (secondary N) is 1. The van der Waals surface area contributed by atoms with Gasteiger partial charge in [-0.2, -0.15) is 0 Å². The number of aryl methyl sites for hydroxylation is 2. The van der Waals surface area contributed by atoms with Crippen LogP contribution in [0, 0.1) is 19.7 Å². The number of hydrogen-bond acceptors (Lipinski definition) is 4. The molecule has 0 bridgehead atoms. The lowest BCUT2D eigenvalue weighted by atomic mass is 10.1. The topological polar surface area (TPSA) is 81.3 Å². The molecule has 7 nitrogen and oxygen atoms in total. The summed E-state index contributed by atoms with van der Waals surface area (Å²) in [6.07, 6.45) is 0. The maximum atomic E-state index is 13.6. The van der Waals surface area contributed by atoms with E-state index in [0.717, 1.165) is 10.4 Å². The van der Waals surface area contributed by atoms with Crippen molar-refractivity contribution >= 4 is 23.3 Å². The van der Waals surface area contributed by atoms with Crippen LogP contribution in [0.15, 0.2) is 29.1 Å². The zero-order valence-corrected chi connectivity index (χ0v) is 15.2. The van der Waals surface area contributed by atoms with Crippen LogP contribution in [0.2, 0.25) is 5.02 Å². The number of fused-ring (bicyclic) bond motifs is 1. The average Bonchev–Trinajstić information content (AvgIpc) is 2.85. The zero-order valence-electron chi connectivity index (χ0n) is 14.5. The minimum atomic E-state index is -0.557. The molecule has 0 saturated carbocycles. The van der Waals surface area contributed by atoms with Crippen molar-refractivity contribution in [1.82, 2.24) is 24.5 Å². The first kappa shape index (κ1) is 18.1. The first-order valence-corrected chi connectivity index (χ1v) is 8.32. The molecule has 0 radical (unpaired) electrons. The molecule has 3 aromatic rings. The smallest absolute Gasteiger partial charge is 0.348 e. The minimum Gasteiger partial charge on any atom is -0.348 e. The van der Waals surface area contributed by atoms with Gasteiger partial charge in [-0.05, 0) is 44.5 Å². The van der Waals surface area contributed by atoms with Crippen molar-refractivity contribution in [1.29, 1.82) is 0 Å². The number of carbonyl (C=O) groups excluding carboxylic acids is 1. The fraction of sp³-hybridized carbons (Fsp3) is 0.294. The van der Waals surface area contributed by atoms with Crippen LogP contribution in [-0.2, 0) is 11.3 Å². The van der Waals surface area contributed by atoms with Crippen molar-refractivity contribution in [3.8, 4) is 0 Å². The fourth-order valence-electron chi connectivity index (χ4n) is 2.73. The van der Waals surface area contributed by atoms with Crippen molar-refractivity contribution in [2.75, 3.05) is 0 Å². The van der Waals surface area contributed by atoms with Gasteiger partial charge in [-0.3, -0.25) is 4.79 Å². The Kier molecular flexibility index (Phi) is 4.78. The molecule has 0 aliphatic carbocycles. The van der Waals surface area contributed by atoms with E-state index in [0.29, 0.717) is 11.3 Å². The average molecular weight is 378 g/mol. The number of nitrogens with zero attached hydrogens (tertiary/aromatic N) is 4. The number of benzene rings is 1. The van der Waals surface area contributed by atoms with Crippen molar-refractivity contribution in [2.45, 2.75) is 33.4 Å². The number of rotatable bonds is 4. The summed E-state index contributed by atoms with van der Waals surface area (Å²) < 4.78 is 16.0. The van der Waals surface area contributed by atoms with E-state index in [2.05, 4.69) is 15.4 Å². The van der Waals surface area contributed by atoms with Crippen molar-refractivity contribution < 1.29 is 9.18 Å². The van der Waals surface area contributed by atoms with Gasteiger partial charge >= 0.3 is 5.69 Å². The fourth-order valence-corrected chi connectivity index (χ4v) is 2.84. The molecule has 1 atom stereocenters. The number of aromatic nitrogens is 4. The van der Waals surface area contributed by atoms with E-state index in [-0.39, 0.29) is 17.3 Å². The van der Waals surface area contributed by atoms with Crippen LogP contribution in [0.25, 0.3) is 5.78 Å². The standard InChI is InChI=1S/C17H17ClFN5O2/c1-9-6-10(2)24-16(20-9)22-23(17(24)26)8-15(25)21-11(3)12-4-5-13(18)14(19)7-12/h4-7,11H,8H2,1-3H3,(H,21,25)/t11-/m0/s1. The van der Waals surface area contributed by atoms with Crippen LogP contribution >= 0.6 is 11.6 Å². The summed E-state index contributed by atoms with van der Waals surface area (Å²) in [5.74, 6) is -0.736. The van der Waals surface area contributed by atoms with Crippen LogP contribution in [0.5, 0.6) is 0 Å². The largest absolute Gasteiger partial charge is 0.352 e. The van der Waals surface area contributed by atoms with Gasteiger partial charge in [0.05, 0.1) is 11.1 Å². The van der Waals surface area contributed by atoms with Crippen LogP contribution < -0.4 is 11.0 Å². The van der Waals surface area contributed by atoms with Gasteiger partial charge in [-0.25, -0.2) is 23.3 Å². The predicted octanol–water partition coefficient (Wildman–Crippen LogP) is 2.18. The lowest BCUT2D eigenvalue weighted by Crippen LogP contribution is -2.34.